The van der Waals surface area contributed by atoms with Crippen LogP contribution in [0.1, 0.15) is 25.3 Å². The molecular weight excluding hydrogens is 264 g/mol. The highest BCUT2D eigenvalue weighted by Crippen LogP contribution is 2.10. The molecule has 3 nitrogen and oxygen atoms in total. The van der Waals surface area contributed by atoms with E-state index in [0.29, 0.717) is 4.32 Å². The van der Waals surface area contributed by atoms with E-state index in [2.05, 4.69) is 17.5 Å². The summed E-state index contributed by atoms with van der Waals surface area (Å²) in [5, 5.41) is 4.10. The number of nitrogens with zero attached hydrogens (tertiary/aromatic N) is 1. The molecule has 0 saturated carbocycles. The number of hydrogen-bond acceptors (Lipinski definition) is 4. The van der Waals surface area contributed by atoms with Gasteiger partial charge in [0.2, 0.25) is 0 Å². The van der Waals surface area contributed by atoms with E-state index < -0.39 is 0 Å². The fourth-order valence-corrected chi connectivity index (χ4v) is 2.23. The first-order chi connectivity index (χ1) is 8.76. The molecular formula is C13H18N2OS2. The Hall–Kier alpha value is -1.07. The summed E-state index contributed by atoms with van der Waals surface area (Å²) in [6.45, 7) is 2.17. The Morgan fingerprint density at radius 2 is 2.17 bits per heavy atom. The molecule has 1 N–H and O–H groups in total. The third-order valence-electron chi connectivity index (χ3n) is 2.22. The first-order valence-corrected chi connectivity index (χ1v) is 7.25. The molecule has 0 aromatic heterocycles. The zero-order chi connectivity index (χ0) is 13.2. The molecule has 0 aliphatic heterocycles. The number of methoxy groups -OCH3 is 1. The number of unbranched alkanes of at least 4 members (excludes halogenated alkanes) is 1. The maximum atomic E-state index is 5.14. The normalized spacial score (nSPS) is 10.6. The smallest absolute Gasteiger partial charge is 0.154 e. The lowest BCUT2D eigenvalue weighted by Crippen LogP contribution is -2.11. The van der Waals surface area contributed by atoms with E-state index in [9.17, 15) is 0 Å². The summed E-state index contributed by atoms with van der Waals surface area (Å²) in [5.74, 6) is 1.88. The van der Waals surface area contributed by atoms with E-state index in [4.69, 9.17) is 17.0 Å². The van der Waals surface area contributed by atoms with Crippen molar-refractivity contribution < 1.29 is 4.74 Å². The second-order valence-electron chi connectivity index (χ2n) is 3.63. The van der Waals surface area contributed by atoms with Crippen molar-refractivity contribution in [3.8, 4) is 5.75 Å². The minimum Gasteiger partial charge on any atom is -0.497 e. The summed E-state index contributed by atoms with van der Waals surface area (Å²) >= 11 is 6.77. The van der Waals surface area contributed by atoms with Gasteiger partial charge in [-0.1, -0.05) is 37.3 Å². The molecule has 1 rings (SSSR count). The molecule has 0 aliphatic carbocycles. The molecule has 98 valence electrons. The number of hydrazone groups is 1. The van der Waals surface area contributed by atoms with E-state index >= 15 is 0 Å². The zero-order valence-corrected chi connectivity index (χ0v) is 12.3. The van der Waals surface area contributed by atoms with Gasteiger partial charge >= 0.3 is 0 Å². The Labute approximate surface area is 118 Å². The standard InChI is InChI=1S/C13H18N2OS2/c1-3-4-9-18-13(17)15-14-10-11-5-7-12(16-2)8-6-11/h5-8,10H,3-4,9H2,1-2H3,(H,15,17)/b14-10+. The molecule has 18 heavy (non-hydrogen) atoms. The van der Waals surface area contributed by atoms with Crippen LogP contribution in [0, 0.1) is 0 Å². The average Bonchev–Trinajstić information content (AvgIpc) is 2.40. The van der Waals surface area contributed by atoms with Gasteiger partial charge in [-0.15, -0.1) is 0 Å². The van der Waals surface area contributed by atoms with Crippen molar-refractivity contribution in [3.63, 3.8) is 0 Å². The van der Waals surface area contributed by atoms with Crippen LogP contribution in [0.25, 0.3) is 0 Å². The second-order valence-corrected chi connectivity index (χ2v) is 5.40. The second kappa shape index (κ2) is 8.94. The van der Waals surface area contributed by atoms with Gasteiger partial charge in [-0.05, 0) is 36.2 Å². The van der Waals surface area contributed by atoms with Crippen LogP contribution in [0.2, 0.25) is 0 Å². The molecule has 0 radical (unpaired) electrons. The molecule has 0 amide bonds. The molecule has 0 heterocycles. The first kappa shape index (κ1) is 15.0. The minimum absolute atomic E-state index is 0.716. The Bertz CT molecular complexity index is 390. The van der Waals surface area contributed by atoms with Crippen molar-refractivity contribution in [2.45, 2.75) is 19.8 Å². The topological polar surface area (TPSA) is 33.6 Å². The van der Waals surface area contributed by atoms with Gasteiger partial charge < -0.3 is 4.74 Å². The van der Waals surface area contributed by atoms with Crippen LogP contribution >= 0.6 is 24.0 Å². The Morgan fingerprint density at radius 3 is 2.78 bits per heavy atom. The SMILES string of the molecule is CCCCSC(=S)N/N=C/c1ccc(OC)cc1. The summed E-state index contributed by atoms with van der Waals surface area (Å²) in [4.78, 5) is 0. The van der Waals surface area contributed by atoms with Gasteiger partial charge in [-0.2, -0.15) is 5.10 Å². The third kappa shape index (κ3) is 6.02. The van der Waals surface area contributed by atoms with E-state index in [0.717, 1.165) is 17.1 Å². The number of thioether (sulfide) groups is 1. The van der Waals surface area contributed by atoms with E-state index in [1.165, 1.54) is 12.8 Å². The molecule has 5 heteroatoms. The van der Waals surface area contributed by atoms with Crippen LogP contribution < -0.4 is 10.2 Å². The largest absolute Gasteiger partial charge is 0.497 e. The maximum Gasteiger partial charge on any atom is 0.154 e. The highest BCUT2D eigenvalue weighted by molar-refractivity contribution is 8.22. The van der Waals surface area contributed by atoms with Gasteiger partial charge in [-0.25, -0.2) is 0 Å². The van der Waals surface area contributed by atoms with E-state index in [1.807, 2.05) is 24.3 Å². The number of ether oxygens (including phenoxy) is 1. The highest BCUT2D eigenvalue weighted by Gasteiger charge is 1.94. The molecule has 0 spiro atoms. The predicted octanol–water partition coefficient (Wildman–Crippen LogP) is 3.44. The Balaban J connectivity index is 2.32. The van der Waals surface area contributed by atoms with Crippen molar-refractivity contribution in [2.75, 3.05) is 12.9 Å². The first-order valence-electron chi connectivity index (χ1n) is 5.86. The Kier molecular flexibility index (Phi) is 7.44. The maximum absolute atomic E-state index is 5.14. The van der Waals surface area contributed by atoms with Crippen molar-refractivity contribution >= 4 is 34.5 Å². The number of benzene rings is 1. The van der Waals surface area contributed by atoms with Crippen LogP contribution in [0.4, 0.5) is 0 Å². The molecule has 1 aromatic carbocycles. The number of hydrogen-bond donors (Lipinski definition) is 1. The molecule has 0 unspecified atom stereocenters. The predicted molar refractivity (Wildman–Crippen MR) is 83.7 cm³/mol. The molecule has 0 bridgehead atoms. The van der Waals surface area contributed by atoms with Crippen molar-refractivity contribution in [2.24, 2.45) is 5.10 Å². The number of nitrogens with one attached hydrogen (secondary N) is 1. The van der Waals surface area contributed by atoms with Crippen LogP contribution in [-0.2, 0) is 0 Å². The molecule has 1 aromatic rings. The quantitative estimate of drug-likeness (QED) is 0.375. The van der Waals surface area contributed by atoms with Crippen LogP contribution in [-0.4, -0.2) is 23.4 Å². The summed E-state index contributed by atoms with van der Waals surface area (Å²) in [7, 11) is 1.65. The van der Waals surface area contributed by atoms with E-state index in [1.54, 1.807) is 25.1 Å². The van der Waals surface area contributed by atoms with Gasteiger partial charge in [0.25, 0.3) is 0 Å². The van der Waals surface area contributed by atoms with Crippen molar-refractivity contribution in [3.05, 3.63) is 29.8 Å². The van der Waals surface area contributed by atoms with Crippen molar-refractivity contribution in [1.29, 1.82) is 0 Å². The molecule has 0 aliphatic rings. The summed E-state index contributed by atoms with van der Waals surface area (Å²) in [6, 6.07) is 7.68. The third-order valence-corrected chi connectivity index (χ3v) is 3.51. The lowest BCUT2D eigenvalue weighted by atomic mass is 10.2. The number of rotatable bonds is 6. The lowest BCUT2D eigenvalue weighted by Gasteiger charge is -2.01. The van der Waals surface area contributed by atoms with Gasteiger partial charge in [-0.3, -0.25) is 5.43 Å². The fourth-order valence-electron chi connectivity index (χ4n) is 1.19. The molecule has 0 fully saturated rings. The van der Waals surface area contributed by atoms with Crippen LogP contribution in [0.3, 0.4) is 0 Å². The van der Waals surface area contributed by atoms with E-state index in [-0.39, 0.29) is 0 Å². The highest BCUT2D eigenvalue weighted by atomic mass is 32.2. The minimum atomic E-state index is 0.716. The van der Waals surface area contributed by atoms with Crippen LogP contribution in [0.5, 0.6) is 5.75 Å². The lowest BCUT2D eigenvalue weighted by molar-refractivity contribution is 0.415. The summed E-state index contributed by atoms with van der Waals surface area (Å²) in [6.07, 6.45) is 4.10. The van der Waals surface area contributed by atoms with Gasteiger partial charge in [0.05, 0.1) is 13.3 Å². The van der Waals surface area contributed by atoms with Crippen LogP contribution in [0.15, 0.2) is 29.4 Å². The summed E-state index contributed by atoms with van der Waals surface area (Å²) in [5.41, 5.74) is 3.86. The van der Waals surface area contributed by atoms with Gasteiger partial charge in [0.15, 0.2) is 4.32 Å². The fraction of sp³-hybridized carbons (Fsp3) is 0.385. The molecule has 0 saturated heterocycles. The summed E-state index contributed by atoms with van der Waals surface area (Å²) < 4.78 is 5.80. The zero-order valence-electron chi connectivity index (χ0n) is 10.7. The van der Waals surface area contributed by atoms with Gasteiger partial charge in [0.1, 0.15) is 5.75 Å². The number of thiocarbonyl (C=S) groups is 1. The molecule has 0 atom stereocenters. The Morgan fingerprint density at radius 1 is 1.44 bits per heavy atom. The monoisotopic (exact) mass is 282 g/mol. The van der Waals surface area contributed by atoms with Crippen molar-refractivity contribution in [1.82, 2.24) is 5.43 Å². The van der Waals surface area contributed by atoms with Gasteiger partial charge in [0, 0.05) is 5.75 Å². The average molecular weight is 282 g/mol.